The molecule has 2 nitrogen and oxygen atoms in total. The summed E-state index contributed by atoms with van der Waals surface area (Å²) in [7, 11) is 0. The Morgan fingerprint density at radius 1 is 0.372 bits per heavy atom. The van der Waals surface area contributed by atoms with E-state index in [0.717, 1.165) is 38.5 Å². The van der Waals surface area contributed by atoms with Crippen LogP contribution in [0.1, 0.15) is 0 Å². The molecule has 0 saturated heterocycles. The van der Waals surface area contributed by atoms with Crippen molar-refractivity contribution in [2.75, 3.05) is 0 Å². The summed E-state index contributed by atoms with van der Waals surface area (Å²) in [6.45, 7) is 0. The molecule has 0 N–H and O–H groups in total. The van der Waals surface area contributed by atoms with Crippen molar-refractivity contribution in [1.29, 1.82) is 0 Å². The van der Waals surface area contributed by atoms with E-state index < -0.39 is 0 Å². The quantitative estimate of drug-likeness (QED) is 0.195. The summed E-state index contributed by atoms with van der Waals surface area (Å²) in [6, 6.07) is 45.5. The molecule has 0 unspecified atom stereocenters. The number of para-hydroxylation sites is 1. The number of thiophene rings is 1. The van der Waals surface area contributed by atoms with Crippen LogP contribution < -0.4 is 0 Å². The molecule has 0 saturated carbocycles. The number of rotatable bonds is 2. The molecule has 7 aromatic carbocycles. The smallest absolute Gasteiger partial charge is 0.136 e. The van der Waals surface area contributed by atoms with Crippen LogP contribution in [0, 0.1) is 0 Å². The van der Waals surface area contributed by atoms with Crippen LogP contribution in [0.4, 0.5) is 0 Å². The van der Waals surface area contributed by atoms with E-state index in [1.165, 1.54) is 58.4 Å². The molecule has 0 bridgehead atoms. The molecule has 0 aliphatic heterocycles. The molecule has 0 radical (unpaired) electrons. The van der Waals surface area contributed by atoms with Crippen LogP contribution >= 0.6 is 11.3 Å². The van der Waals surface area contributed by atoms with Gasteiger partial charge in [0, 0.05) is 47.5 Å². The lowest BCUT2D eigenvalue weighted by Crippen LogP contribution is -1.91. The summed E-state index contributed by atoms with van der Waals surface area (Å²) in [5.41, 5.74) is 7.45. The van der Waals surface area contributed by atoms with Crippen LogP contribution in [0.25, 0.3) is 96.9 Å². The second-order valence-electron chi connectivity index (χ2n) is 11.2. The fourth-order valence-corrected chi connectivity index (χ4v) is 8.35. The van der Waals surface area contributed by atoms with Crippen molar-refractivity contribution >= 4 is 86.0 Å². The van der Waals surface area contributed by atoms with Crippen molar-refractivity contribution in [2.45, 2.75) is 0 Å². The molecule has 0 amide bonds. The molecule has 0 aliphatic carbocycles. The molecule has 3 heteroatoms. The summed E-state index contributed by atoms with van der Waals surface area (Å²) >= 11 is 1.87. The van der Waals surface area contributed by atoms with Gasteiger partial charge in [-0.25, -0.2) is 0 Å². The van der Waals surface area contributed by atoms with E-state index in [1.54, 1.807) is 0 Å². The van der Waals surface area contributed by atoms with Crippen molar-refractivity contribution in [3.05, 3.63) is 134 Å². The largest absolute Gasteiger partial charge is 0.464 e. The maximum Gasteiger partial charge on any atom is 0.136 e. The summed E-state index contributed by atoms with van der Waals surface area (Å²) in [5.74, 6) is 0. The molecule has 0 spiro atoms. The maximum absolute atomic E-state index is 6.30. The average Bonchev–Trinajstić information content (AvgIpc) is 3.76. The fourth-order valence-electron chi connectivity index (χ4n) is 7.22. The van der Waals surface area contributed by atoms with Gasteiger partial charge in [0.05, 0.1) is 6.26 Å². The molecular weight excluding hydrogens is 545 g/mol. The first kappa shape index (κ1) is 23.2. The van der Waals surface area contributed by atoms with Gasteiger partial charge in [-0.3, -0.25) is 0 Å². The molecule has 200 valence electrons. The van der Waals surface area contributed by atoms with E-state index in [9.17, 15) is 0 Å². The highest BCUT2D eigenvalue weighted by Gasteiger charge is 2.23. The van der Waals surface area contributed by atoms with Crippen molar-refractivity contribution in [1.82, 2.24) is 0 Å². The molecule has 0 atom stereocenters. The third kappa shape index (κ3) is 3.12. The van der Waals surface area contributed by atoms with E-state index in [2.05, 4.69) is 103 Å². The van der Waals surface area contributed by atoms with Crippen molar-refractivity contribution in [3.8, 4) is 22.3 Å². The minimum absolute atomic E-state index is 0.862. The van der Waals surface area contributed by atoms with Gasteiger partial charge in [-0.15, -0.1) is 11.3 Å². The van der Waals surface area contributed by atoms with E-state index in [0.29, 0.717) is 0 Å². The Kier molecular flexibility index (Phi) is 4.63. The lowest BCUT2D eigenvalue weighted by molar-refractivity contribution is 0.616. The van der Waals surface area contributed by atoms with Crippen LogP contribution in [0.2, 0.25) is 0 Å². The summed E-state index contributed by atoms with van der Waals surface area (Å²) in [6.07, 6.45) is 1.94. The number of hydrogen-bond donors (Lipinski definition) is 0. The maximum atomic E-state index is 6.30. The standard InChI is InChI=1S/C40H22O2S/c1-3-12-25-23(10-1)36(29-16-9-19-35-38(29)28-15-6-8-18-34(28)43-35)24-11-2-4-13-26(24)37(25)30-22-41-32-20-21-33-39(40(30)32)27-14-5-7-17-31(27)42-33/h1-22H. The topological polar surface area (TPSA) is 26.3 Å². The first-order valence-corrected chi connectivity index (χ1v) is 15.3. The summed E-state index contributed by atoms with van der Waals surface area (Å²) < 4.78 is 15.2. The van der Waals surface area contributed by atoms with Crippen LogP contribution in [0.3, 0.4) is 0 Å². The predicted octanol–water partition coefficient (Wildman–Crippen LogP) is 12.3. The fraction of sp³-hybridized carbons (Fsp3) is 0. The summed E-state index contributed by atoms with van der Waals surface area (Å²) in [5, 5.41) is 10.8. The first-order valence-electron chi connectivity index (χ1n) is 14.5. The van der Waals surface area contributed by atoms with Crippen LogP contribution in [-0.2, 0) is 0 Å². The second kappa shape index (κ2) is 8.57. The number of hydrogen-bond acceptors (Lipinski definition) is 3. The van der Waals surface area contributed by atoms with Crippen molar-refractivity contribution in [3.63, 3.8) is 0 Å². The number of fused-ring (bicyclic) bond motifs is 10. The van der Waals surface area contributed by atoms with Gasteiger partial charge in [-0.1, -0.05) is 97.1 Å². The summed E-state index contributed by atoms with van der Waals surface area (Å²) in [4.78, 5) is 0. The van der Waals surface area contributed by atoms with Gasteiger partial charge in [-0.2, -0.15) is 0 Å². The molecule has 0 aliphatic rings. The lowest BCUT2D eigenvalue weighted by atomic mass is 9.84. The van der Waals surface area contributed by atoms with E-state index in [1.807, 2.05) is 41.9 Å². The van der Waals surface area contributed by atoms with Crippen molar-refractivity contribution < 1.29 is 8.83 Å². The van der Waals surface area contributed by atoms with Crippen LogP contribution in [-0.4, -0.2) is 0 Å². The first-order chi connectivity index (χ1) is 21.3. The van der Waals surface area contributed by atoms with Gasteiger partial charge in [0.25, 0.3) is 0 Å². The average molecular weight is 567 g/mol. The normalized spacial score (nSPS) is 12.2. The lowest BCUT2D eigenvalue weighted by Gasteiger charge is -2.18. The minimum atomic E-state index is 0.862. The third-order valence-corrected chi connectivity index (χ3v) is 10.1. The molecule has 3 heterocycles. The molecule has 10 rings (SSSR count). The number of benzene rings is 7. The Morgan fingerprint density at radius 2 is 0.953 bits per heavy atom. The highest BCUT2D eigenvalue weighted by Crippen LogP contribution is 2.50. The van der Waals surface area contributed by atoms with Gasteiger partial charge in [0.15, 0.2) is 0 Å². The molecule has 0 fully saturated rings. The Morgan fingerprint density at radius 3 is 1.70 bits per heavy atom. The third-order valence-electron chi connectivity index (χ3n) is 8.95. The van der Waals surface area contributed by atoms with Crippen LogP contribution in [0.15, 0.2) is 142 Å². The van der Waals surface area contributed by atoms with Gasteiger partial charge in [0.1, 0.15) is 16.7 Å². The van der Waals surface area contributed by atoms with E-state index in [4.69, 9.17) is 8.83 Å². The van der Waals surface area contributed by atoms with E-state index in [-0.39, 0.29) is 0 Å². The number of furan rings is 2. The molecular formula is C40H22O2S. The minimum Gasteiger partial charge on any atom is -0.464 e. The molecule has 3 aromatic heterocycles. The molecule has 10 aromatic rings. The Bertz CT molecular complexity index is 2680. The van der Waals surface area contributed by atoms with Crippen LogP contribution in [0.5, 0.6) is 0 Å². The highest BCUT2D eigenvalue weighted by molar-refractivity contribution is 7.25. The monoisotopic (exact) mass is 566 g/mol. The van der Waals surface area contributed by atoms with Gasteiger partial charge >= 0.3 is 0 Å². The van der Waals surface area contributed by atoms with Gasteiger partial charge in [0.2, 0.25) is 0 Å². The Balaban J connectivity index is 1.39. The zero-order valence-corrected chi connectivity index (χ0v) is 23.7. The van der Waals surface area contributed by atoms with E-state index >= 15 is 0 Å². The predicted molar refractivity (Wildman–Crippen MR) is 182 cm³/mol. The highest BCUT2D eigenvalue weighted by atomic mass is 32.1. The molecule has 43 heavy (non-hydrogen) atoms. The van der Waals surface area contributed by atoms with Gasteiger partial charge < -0.3 is 8.83 Å². The zero-order valence-electron chi connectivity index (χ0n) is 22.9. The SMILES string of the molecule is c1ccc2c(c1)oc1ccc3occ(-c4c5ccccc5c(-c5cccc6sc7ccccc7c56)c5ccccc45)c3c12. The second-order valence-corrected chi connectivity index (χ2v) is 12.3. The van der Waals surface area contributed by atoms with Crippen molar-refractivity contribution in [2.24, 2.45) is 0 Å². The Labute approximate surface area is 250 Å². The van der Waals surface area contributed by atoms with Gasteiger partial charge in [-0.05, 0) is 63.0 Å². The Hall–Kier alpha value is -5.38. The zero-order chi connectivity index (χ0) is 28.1.